The van der Waals surface area contributed by atoms with E-state index in [1.54, 1.807) is 12.1 Å². The molecular formula is C22H28N4O7S. The van der Waals surface area contributed by atoms with Crippen molar-refractivity contribution < 1.29 is 27.6 Å². The zero-order valence-electron chi connectivity index (χ0n) is 19.1. The van der Waals surface area contributed by atoms with Crippen molar-refractivity contribution in [2.45, 2.75) is 18.7 Å². The summed E-state index contributed by atoms with van der Waals surface area (Å²) in [5, 5.41) is 14.2. The van der Waals surface area contributed by atoms with E-state index >= 15 is 0 Å². The molecule has 184 valence electrons. The molecule has 0 radical (unpaired) electrons. The molecule has 1 heterocycles. The number of anilines is 2. The van der Waals surface area contributed by atoms with Gasteiger partial charge in [0.25, 0.3) is 5.91 Å². The van der Waals surface area contributed by atoms with E-state index in [1.165, 1.54) is 16.4 Å². The molecule has 1 fully saturated rings. The van der Waals surface area contributed by atoms with Gasteiger partial charge < -0.3 is 19.7 Å². The molecule has 0 spiro atoms. The lowest BCUT2D eigenvalue weighted by Crippen LogP contribution is -2.40. The number of carbonyl (C=O) groups excluding carboxylic acids is 1. The van der Waals surface area contributed by atoms with Crippen molar-refractivity contribution in [1.82, 2.24) is 4.31 Å². The first-order valence-electron chi connectivity index (χ1n) is 10.9. The van der Waals surface area contributed by atoms with Gasteiger partial charge in [0, 0.05) is 43.6 Å². The molecule has 0 bridgehead atoms. The van der Waals surface area contributed by atoms with Gasteiger partial charge in [-0.3, -0.25) is 14.9 Å². The van der Waals surface area contributed by atoms with E-state index in [0.29, 0.717) is 5.69 Å². The van der Waals surface area contributed by atoms with Crippen molar-refractivity contribution >= 4 is 33.0 Å². The first kappa shape index (κ1) is 25.4. The fourth-order valence-corrected chi connectivity index (χ4v) is 4.97. The maximum Gasteiger partial charge on any atom is 0.312 e. The van der Waals surface area contributed by atoms with Crippen molar-refractivity contribution in [3.8, 4) is 5.75 Å². The number of amides is 1. The van der Waals surface area contributed by atoms with Crippen molar-refractivity contribution in [3.63, 3.8) is 0 Å². The summed E-state index contributed by atoms with van der Waals surface area (Å²) >= 11 is 0. The lowest BCUT2D eigenvalue weighted by Gasteiger charge is -2.26. The number of hydrogen-bond acceptors (Lipinski definition) is 8. The fraction of sp³-hybridized carbons (Fsp3) is 0.409. The Morgan fingerprint density at radius 2 is 1.79 bits per heavy atom. The van der Waals surface area contributed by atoms with Gasteiger partial charge in [0.1, 0.15) is 0 Å². The number of ether oxygens (including phenoxy) is 2. The van der Waals surface area contributed by atoms with E-state index in [0.717, 1.165) is 24.8 Å². The molecule has 0 atom stereocenters. The molecule has 3 rings (SSSR count). The first-order valence-corrected chi connectivity index (χ1v) is 12.3. The molecule has 1 aliphatic rings. The second kappa shape index (κ2) is 11.3. The summed E-state index contributed by atoms with van der Waals surface area (Å²) in [7, 11) is -3.91. The third-order valence-electron chi connectivity index (χ3n) is 5.37. The summed E-state index contributed by atoms with van der Waals surface area (Å²) in [4.78, 5) is 25.1. The highest BCUT2D eigenvalue weighted by molar-refractivity contribution is 7.89. The topological polar surface area (TPSA) is 131 Å². The Morgan fingerprint density at radius 3 is 2.38 bits per heavy atom. The second-order valence-electron chi connectivity index (χ2n) is 7.46. The third-order valence-corrected chi connectivity index (χ3v) is 7.27. The number of morpholine rings is 1. The number of sulfonamides is 1. The maximum absolute atomic E-state index is 12.8. The number of hydrogen-bond donors (Lipinski definition) is 1. The van der Waals surface area contributed by atoms with Crippen molar-refractivity contribution in [2.24, 2.45) is 0 Å². The average Bonchev–Trinajstić information content (AvgIpc) is 2.85. The molecule has 1 saturated heterocycles. The van der Waals surface area contributed by atoms with Crippen LogP contribution >= 0.6 is 0 Å². The van der Waals surface area contributed by atoms with Gasteiger partial charge in [0.05, 0.1) is 23.0 Å². The van der Waals surface area contributed by atoms with Crippen molar-refractivity contribution in [1.29, 1.82) is 0 Å². The van der Waals surface area contributed by atoms with Gasteiger partial charge in [0.2, 0.25) is 10.0 Å². The van der Waals surface area contributed by atoms with Crippen LogP contribution in [-0.4, -0.2) is 69.6 Å². The standard InChI is InChI=1S/C22H28N4O7S/c1-3-24(4-2)18-7-5-17(6-8-18)23-22(27)16-33-21-10-9-19(15-20(21)26(28)29)34(30,31)25-11-13-32-14-12-25/h5-10,15H,3-4,11-14,16H2,1-2H3,(H,23,27). The third kappa shape index (κ3) is 6.01. The first-order chi connectivity index (χ1) is 16.3. The Balaban J connectivity index is 1.67. The van der Waals surface area contributed by atoms with Crippen LogP contribution in [0.4, 0.5) is 17.1 Å². The molecular weight excluding hydrogens is 464 g/mol. The predicted molar refractivity (Wildman–Crippen MR) is 127 cm³/mol. The van der Waals surface area contributed by atoms with Crippen LogP contribution in [0.5, 0.6) is 5.75 Å². The zero-order valence-corrected chi connectivity index (χ0v) is 19.9. The quantitative estimate of drug-likeness (QED) is 0.395. The minimum atomic E-state index is -3.91. The molecule has 0 aliphatic carbocycles. The molecule has 12 heteroatoms. The highest BCUT2D eigenvalue weighted by atomic mass is 32.2. The molecule has 11 nitrogen and oxygen atoms in total. The molecule has 1 N–H and O–H groups in total. The summed E-state index contributed by atoms with van der Waals surface area (Å²) in [6, 6.07) is 10.7. The number of rotatable bonds is 10. The van der Waals surface area contributed by atoms with Gasteiger partial charge in [-0.25, -0.2) is 8.42 Å². The van der Waals surface area contributed by atoms with Gasteiger partial charge in [-0.1, -0.05) is 0 Å². The van der Waals surface area contributed by atoms with Crippen LogP contribution in [-0.2, 0) is 19.6 Å². The van der Waals surface area contributed by atoms with Crippen molar-refractivity contribution in [2.75, 3.05) is 56.2 Å². The van der Waals surface area contributed by atoms with E-state index in [1.807, 2.05) is 12.1 Å². The summed E-state index contributed by atoms with van der Waals surface area (Å²) in [5.74, 6) is -0.701. The normalized spacial score (nSPS) is 14.4. The summed E-state index contributed by atoms with van der Waals surface area (Å²) in [6.07, 6.45) is 0. The Bertz CT molecular complexity index is 1110. The Hall–Kier alpha value is -3.22. The molecule has 2 aromatic rings. The van der Waals surface area contributed by atoms with E-state index in [2.05, 4.69) is 24.1 Å². The number of nitro benzene ring substituents is 1. The SMILES string of the molecule is CCN(CC)c1ccc(NC(=O)COc2ccc(S(=O)(=O)N3CCOCC3)cc2[N+](=O)[O-])cc1. The van der Waals surface area contributed by atoms with Gasteiger partial charge in [-0.05, 0) is 50.2 Å². The smallest absolute Gasteiger partial charge is 0.312 e. The number of nitrogens with one attached hydrogen (secondary N) is 1. The predicted octanol–water partition coefficient (Wildman–Crippen LogP) is 2.48. The molecule has 0 unspecified atom stereocenters. The number of carbonyl (C=O) groups is 1. The summed E-state index contributed by atoms with van der Waals surface area (Å²) < 4.78 is 37.3. The summed E-state index contributed by atoms with van der Waals surface area (Å²) in [5.41, 5.74) is 1.05. The molecule has 0 saturated carbocycles. The van der Waals surface area contributed by atoms with E-state index in [-0.39, 0.29) is 36.9 Å². The van der Waals surface area contributed by atoms with Gasteiger partial charge in [0.15, 0.2) is 12.4 Å². The number of nitro groups is 1. The average molecular weight is 493 g/mol. The molecule has 0 aromatic heterocycles. The zero-order chi connectivity index (χ0) is 24.7. The Labute approximate surface area is 198 Å². The summed E-state index contributed by atoms with van der Waals surface area (Å²) in [6.45, 7) is 6.22. The van der Waals surface area contributed by atoms with Crippen LogP contribution in [0.25, 0.3) is 0 Å². The minimum Gasteiger partial charge on any atom is -0.477 e. The van der Waals surface area contributed by atoms with Crippen LogP contribution in [0.3, 0.4) is 0 Å². The molecule has 2 aromatic carbocycles. The number of benzene rings is 2. The van der Waals surface area contributed by atoms with Gasteiger partial charge in [-0.2, -0.15) is 4.31 Å². The van der Waals surface area contributed by atoms with E-state index in [9.17, 15) is 23.3 Å². The fourth-order valence-electron chi connectivity index (χ4n) is 3.54. The number of nitrogens with zero attached hydrogens (tertiary/aromatic N) is 3. The second-order valence-corrected chi connectivity index (χ2v) is 9.40. The van der Waals surface area contributed by atoms with Crippen molar-refractivity contribution in [3.05, 3.63) is 52.6 Å². The molecule has 34 heavy (non-hydrogen) atoms. The van der Waals surface area contributed by atoms with Crippen LogP contribution in [0, 0.1) is 10.1 Å². The molecule has 1 amide bonds. The van der Waals surface area contributed by atoms with Crippen LogP contribution in [0.1, 0.15) is 13.8 Å². The van der Waals surface area contributed by atoms with E-state index in [4.69, 9.17) is 9.47 Å². The lowest BCUT2D eigenvalue weighted by atomic mass is 10.2. The van der Waals surface area contributed by atoms with Gasteiger partial charge in [-0.15, -0.1) is 0 Å². The minimum absolute atomic E-state index is 0.171. The largest absolute Gasteiger partial charge is 0.477 e. The lowest BCUT2D eigenvalue weighted by molar-refractivity contribution is -0.386. The molecule has 1 aliphatic heterocycles. The van der Waals surface area contributed by atoms with Crippen LogP contribution in [0.15, 0.2) is 47.4 Å². The Kier molecular flexibility index (Phi) is 8.42. The highest BCUT2D eigenvalue weighted by Gasteiger charge is 2.29. The van der Waals surface area contributed by atoms with Crippen LogP contribution in [0.2, 0.25) is 0 Å². The highest BCUT2D eigenvalue weighted by Crippen LogP contribution is 2.31. The van der Waals surface area contributed by atoms with Gasteiger partial charge >= 0.3 is 5.69 Å². The van der Waals surface area contributed by atoms with Crippen LogP contribution < -0.4 is 15.0 Å². The monoisotopic (exact) mass is 492 g/mol. The maximum atomic E-state index is 12.8. The Morgan fingerprint density at radius 1 is 1.15 bits per heavy atom. The van der Waals surface area contributed by atoms with E-state index < -0.39 is 33.1 Å².